The van der Waals surface area contributed by atoms with Crippen molar-refractivity contribution >= 4 is 29.3 Å². The van der Waals surface area contributed by atoms with E-state index in [1.165, 1.54) is 6.26 Å². The first-order valence-corrected chi connectivity index (χ1v) is 11.0. The molecular formula is C23H19N7O4. The number of amides is 2. The number of likely N-dealkylation sites (tertiary alicyclic amines) is 1. The van der Waals surface area contributed by atoms with E-state index in [0.29, 0.717) is 36.7 Å². The zero-order chi connectivity index (χ0) is 22.8. The molecule has 1 aromatic carbocycles. The van der Waals surface area contributed by atoms with Crippen molar-refractivity contribution in [1.29, 1.82) is 0 Å². The number of nitrogens with one attached hydrogen (secondary N) is 2. The van der Waals surface area contributed by atoms with Crippen LogP contribution in [0.15, 0.2) is 47.5 Å². The summed E-state index contributed by atoms with van der Waals surface area (Å²) in [6.45, 7) is 1.67. The molecule has 2 saturated heterocycles. The Labute approximate surface area is 192 Å². The second-order valence-electron chi connectivity index (χ2n) is 8.63. The predicted octanol–water partition coefficient (Wildman–Crippen LogP) is 1.98. The lowest BCUT2D eigenvalue weighted by Gasteiger charge is -2.25. The summed E-state index contributed by atoms with van der Waals surface area (Å²) >= 11 is 0. The molecule has 0 saturated carbocycles. The highest BCUT2D eigenvalue weighted by Gasteiger charge is 2.42. The molecule has 34 heavy (non-hydrogen) atoms. The van der Waals surface area contributed by atoms with E-state index in [1.807, 2.05) is 28.8 Å². The highest BCUT2D eigenvalue weighted by atomic mass is 16.5. The molecule has 3 aromatic heterocycles. The van der Waals surface area contributed by atoms with E-state index in [2.05, 4.69) is 25.6 Å². The van der Waals surface area contributed by atoms with E-state index in [-0.39, 0.29) is 35.7 Å². The molecule has 0 aliphatic carbocycles. The molecule has 170 valence electrons. The van der Waals surface area contributed by atoms with Crippen molar-refractivity contribution in [3.63, 3.8) is 0 Å². The summed E-state index contributed by atoms with van der Waals surface area (Å²) in [6.07, 6.45) is 7.59. The second kappa shape index (κ2) is 7.12. The van der Waals surface area contributed by atoms with Gasteiger partial charge in [0, 0.05) is 36.6 Å². The molecule has 2 unspecified atom stereocenters. The number of rotatable bonds is 4. The molecule has 2 amide bonds. The molecule has 2 bridgehead atoms. The van der Waals surface area contributed by atoms with Crippen molar-refractivity contribution in [1.82, 2.24) is 29.6 Å². The van der Waals surface area contributed by atoms with Crippen molar-refractivity contribution in [2.75, 3.05) is 18.5 Å². The van der Waals surface area contributed by atoms with Gasteiger partial charge < -0.3 is 19.4 Å². The van der Waals surface area contributed by atoms with Gasteiger partial charge in [-0.3, -0.25) is 19.3 Å². The molecule has 6 heterocycles. The number of carbonyl (C=O) groups is 2. The van der Waals surface area contributed by atoms with Crippen molar-refractivity contribution in [2.24, 2.45) is 0 Å². The number of fused-ring (bicyclic) bond motifs is 4. The standard InChI is InChI=1S/C23H19N7O4/c31-21-16-2-1-12(5-13(16)7-26-21)18-8-25-19(20-24-3-4-29(18)20)28-23-27-17(11-34-23)22(32)30-9-15-6-14(30)10-33-15/h1-5,8,11,14-15H,6-7,9-10H2,(H,26,31)(H,25,27,28). The van der Waals surface area contributed by atoms with E-state index in [1.54, 1.807) is 17.3 Å². The van der Waals surface area contributed by atoms with Crippen LogP contribution in [-0.4, -0.2) is 61.4 Å². The summed E-state index contributed by atoms with van der Waals surface area (Å²) in [7, 11) is 0. The number of hydrogen-bond donors (Lipinski definition) is 2. The lowest BCUT2D eigenvalue weighted by atomic mass is 10.0. The van der Waals surface area contributed by atoms with Gasteiger partial charge in [-0.15, -0.1) is 0 Å². The third kappa shape index (κ3) is 2.90. The quantitative estimate of drug-likeness (QED) is 0.476. The van der Waals surface area contributed by atoms with Crippen LogP contribution in [0.25, 0.3) is 16.9 Å². The highest BCUT2D eigenvalue weighted by molar-refractivity contribution is 5.99. The maximum atomic E-state index is 12.8. The van der Waals surface area contributed by atoms with Gasteiger partial charge in [-0.25, -0.2) is 9.97 Å². The van der Waals surface area contributed by atoms with Crippen molar-refractivity contribution < 1.29 is 18.7 Å². The van der Waals surface area contributed by atoms with Crippen LogP contribution in [0.5, 0.6) is 0 Å². The number of hydrogen-bond acceptors (Lipinski definition) is 8. The Morgan fingerprint density at radius 2 is 2.21 bits per heavy atom. The Balaban J connectivity index is 1.16. The number of oxazole rings is 1. The zero-order valence-corrected chi connectivity index (χ0v) is 17.9. The first-order chi connectivity index (χ1) is 16.6. The molecular weight excluding hydrogens is 438 g/mol. The van der Waals surface area contributed by atoms with Gasteiger partial charge in [0.05, 0.1) is 30.6 Å². The van der Waals surface area contributed by atoms with E-state index in [0.717, 1.165) is 23.2 Å². The van der Waals surface area contributed by atoms with Crippen LogP contribution >= 0.6 is 0 Å². The molecule has 4 aromatic rings. The van der Waals surface area contributed by atoms with Crippen LogP contribution < -0.4 is 10.6 Å². The lowest BCUT2D eigenvalue weighted by molar-refractivity contribution is 0.0255. The van der Waals surface area contributed by atoms with E-state index in [4.69, 9.17) is 9.15 Å². The normalized spacial score (nSPS) is 20.7. The summed E-state index contributed by atoms with van der Waals surface area (Å²) < 4.78 is 13.0. The van der Waals surface area contributed by atoms with E-state index < -0.39 is 0 Å². The topological polar surface area (TPSA) is 127 Å². The lowest BCUT2D eigenvalue weighted by Crippen LogP contribution is -2.41. The number of morpholine rings is 1. The van der Waals surface area contributed by atoms with E-state index >= 15 is 0 Å². The number of anilines is 2. The fraction of sp³-hybridized carbons (Fsp3) is 0.261. The van der Waals surface area contributed by atoms with Crippen molar-refractivity contribution in [3.8, 4) is 11.3 Å². The molecule has 3 aliphatic heterocycles. The SMILES string of the molecule is O=C1NCc2cc(-c3cnc(Nc4nc(C(=O)N5CC6CC5CO6)co4)c4nccn34)ccc21. The molecule has 11 heteroatoms. The van der Waals surface area contributed by atoms with Gasteiger partial charge in [-0.05, 0) is 24.1 Å². The second-order valence-corrected chi connectivity index (χ2v) is 8.63. The van der Waals surface area contributed by atoms with Crippen LogP contribution in [0.2, 0.25) is 0 Å². The van der Waals surface area contributed by atoms with Crippen molar-refractivity contribution in [2.45, 2.75) is 25.1 Å². The first kappa shape index (κ1) is 19.2. The third-order valence-corrected chi connectivity index (χ3v) is 6.62. The van der Waals surface area contributed by atoms with Crippen molar-refractivity contribution in [3.05, 3.63) is 59.9 Å². The largest absolute Gasteiger partial charge is 0.431 e. The summed E-state index contributed by atoms with van der Waals surface area (Å²) in [5.41, 5.74) is 4.22. The average Bonchev–Trinajstić information content (AvgIpc) is 3.68. The monoisotopic (exact) mass is 457 g/mol. The van der Waals surface area contributed by atoms with Crippen LogP contribution in [0.4, 0.5) is 11.8 Å². The maximum absolute atomic E-state index is 12.8. The molecule has 2 atom stereocenters. The summed E-state index contributed by atoms with van der Waals surface area (Å²) in [5, 5.41) is 5.87. The van der Waals surface area contributed by atoms with Gasteiger partial charge in [0.1, 0.15) is 6.26 Å². The van der Waals surface area contributed by atoms with Crippen LogP contribution in [0.1, 0.15) is 32.8 Å². The molecule has 2 fully saturated rings. The third-order valence-electron chi connectivity index (χ3n) is 6.62. The van der Waals surface area contributed by atoms with Crippen LogP contribution in [0.3, 0.4) is 0 Å². The molecule has 3 aliphatic rings. The van der Waals surface area contributed by atoms with Crippen LogP contribution in [-0.2, 0) is 11.3 Å². The Hall–Kier alpha value is -4.25. The molecule has 2 N–H and O–H groups in total. The number of benzene rings is 1. The number of ether oxygens (including phenoxy) is 1. The van der Waals surface area contributed by atoms with Crippen LogP contribution in [0, 0.1) is 0 Å². The van der Waals surface area contributed by atoms with Gasteiger partial charge in [-0.1, -0.05) is 6.07 Å². The minimum absolute atomic E-state index is 0.0543. The number of aromatic nitrogens is 4. The minimum atomic E-state index is -0.161. The minimum Gasteiger partial charge on any atom is -0.431 e. The van der Waals surface area contributed by atoms with E-state index in [9.17, 15) is 9.59 Å². The van der Waals surface area contributed by atoms with Gasteiger partial charge in [0.2, 0.25) is 0 Å². The fourth-order valence-electron chi connectivity index (χ4n) is 4.94. The summed E-state index contributed by atoms with van der Waals surface area (Å²) in [6, 6.07) is 5.98. The smallest absolute Gasteiger partial charge is 0.301 e. The Morgan fingerprint density at radius 3 is 3.06 bits per heavy atom. The Kier molecular flexibility index (Phi) is 4.03. The summed E-state index contributed by atoms with van der Waals surface area (Å²) in [5.74, 6) is 0.231. The number of imidazole rings is 1. The Bertz CT molecular complexity index is 1480. The molecule has 0 radical (unpaired) electrons. The Morgan fingerprint density at radius 1 is 1.26 bits per heavy atom. The van der Waals surface area contributed by atoms with Gasteiger partial charge >= 0.3 is 6.01 Å². The predicted molar refractivity (Wildman–Crippen MR) is 119 cm³/mol. The number of nitrogens with zero attached hydrogens (tertiary/aromatic N) is 5. The molecule has 7 rings (SSSR count). The number of carbonyl (C=O) groups excluding carboxylic acids is 2. The van der Waals surface area contributed by atoms with Gasteiger partial charge in [0.15, 0.2) is 17.2 Å². The summed E-state index contributed by atoms with van der Waals surface area (Å²) in [4.78, 5) is 39.8. The average molecular weight is 457 g/mol. The first-order valence-electron chi connectivity index (χ1n) is 11.0. The highest BCUT2D eigenvalue weighted by Crippen LogP contribution is 2.30. The maximum Gasteiger partial charge on any atom is 0.301 e. The van der Waals surface area contributed by atoms with Gasteiger partial charge in [-0.2, -0.15) is 4.98 Å². The fourth-order valence-corrected chi connectivity index (χ4v) is 4.94. The van der Waals surface area contributed by atoms with Gasteiger partial charge in [0.25, 0.3) is 11.8 Å². The molecule has 11 nitrogen and oxygen atoms in total. The zero-order valence-electron chi connectivity index (χ0n) is 17.9. The molecule has 0 spiro atoms.